The van der Waals surface area contributed by atoms with Crippen molar-refractivity contribution in [2.24, 2.45) is 0 Å². The lowest BCUT2D eigenvalue weighted by atomic mass is 10.1. The van der Waals surface area contributed by atoms with Crippen molar-refractivity contribution in [3.8, 4) is 22.8 Å². The average Bonchev–Trinajstić information content (AvgIpc) is 3.17. The molecular weight excluding hydrogens is 366 g/mol. The van der Waals surface area contributed by atoms with Gasteiger partial charge in [0.25, 0.3) is 5.91 Å². The van der Waals surface area contributed by atoms with Crippen LogP contribution >= 0.6 is 0 Å². The lowest BCUT2D eigenvalue weighted by Gasteiger charge is -2.18. The summed E-state index contributed by atoms with van der Waals surface area (Å²) in [4.78, 5) is 17.3. The Bertz CT molecular complexity index is 1230. The fourth-order valence-electron chi connectivity index (χ4n) is 3.43. The molecule has 5 rings (SSSR count). The number of nitrogens with one attached hydrogen (secondary N) is 1. The molecule has 3 heterocycles. The molecule has 144 valence electrons. The van der Waals surface area contributed by atoms with Crippen molar-refractivity contribution in [1.29, 1.82) is 0 Å². The van der Waals surface area contributed by atoms with Gasteiger partial charge < -0.3 is 19.2 Å². The number of carbonyl (C=O) groups excluding carboxylic acids is 1. The molecule has 29 heavy (non-hydrogen) atoms. The molecule has 0 atom stereocenters. The largest absolute Gasteiger partial charge is 0.486 e. The maximum absolute atomic E-state index is 12.6. The summed E-state index contributed by atoms with van der Waals surface area (Å²) in [6.45, 7) is 3.04. The van der Waals surface area contributed by atoms with Crippen molar-refractivity contribution < 1.29 is 14.3 Å². The van der Waals surface area contributed by atoms with Gasteiger partial charge in [0.05, 0.1) is 11.4 Å². The molecule has 1 amide bonds. The summed E-state index contributed by atoms with van der Waals surface area (Å²) in [6, 6.07) is 17.1. The Labute approximate surface area is 167 Å². The first-order chi connectivity index (χ1) is 14.2. The van der Waals surface area contributed by atoms with E-state index in [1.807, 2.05) is 78.3 Å². The van der Waals surface area contributed by atoms with Crippen LogP contribution in [0.1, 0.15) is 15.9 Å². The third-order valence-corrected chi connectivity index (χ3v) is 4.94. The molecule has 4 aromatic rings. The summed E-state index contributed by atoms with van der Waals surface area (Å²) in [6.07, 6.45) is 3.80. The van der Waals surface area contributed by atoms with Crippen molar-refractivity contribution in [3.63, 3.8) is 0 Å². The van der Waals surface area contributed by atoms with Crippen molar-refractivity contribution in [2.75, 3.05) is 18.5 Å². The third-order valence-electron chi connectivity index (χ3n) is 4.94. The number of fused-ring (bicyclic) bond motifs is 2. The smallest absolute Gasteiger partial charge is 0.255 e. The van der Waals surface area contributed by atoms with Crippen LogP contribution in [-0.2, 0) is 0 Å². The van der Waals surface area contributed by atoms with Crippen molar-refractivity contribution >= 4 is 17.2 Å². The highest BCUT2D eigenvalue weighted by molar-refractivity contribution is 6.05. The van der Waals surface area contributed by atoms with Crippen molar-refractivity contribution in [3.05, 3.63) is 78.1 Å². The quantitative estimate of drug-likeness (QED) is 0.570. The molecule has 6 heteroatoms. The Hall–Kier alpha value is -3.80. The fourth-order valence-corrected chi connectivity index (χ4v) is 3.43. The maximum atomic E-state index is 12.6. The predicted octanol–water partition coefficient (Wildman–Crippen LogP) is 4.33. The van der Waals surface area contributed by atoms with Crippen molar-refractivity contribution in [2.45, 2.75) is 6.92 Å². The Morgan fingerprint density at radius 3 is 2.69 bits per heavy atom. The number of benzene rings is 2. The minimum Gasteiger partial charge on any atom is -0.486 e. The zero-order valence-electron chi connectivity index (χ0n) is 15.9. The lowest BCUT2D eigenvalue weighted by Crippen LogP contribution is -2.15. The Kier molecular flexibility index (Phi) is 4.17. The molecule has 0 radical (unpaired) electrons. The molecule has 0 bridgehead atoms. The third kappa shape index (κ3) is 3.29. The van der Waals surface area contributed by atoms with Gasteiger partial charge in [-0.1, -0.05) is 18.2 Å². The molecule has 0 spiro atoms. The second-order valence-corrected chi connectivity index (χ2v) is 6.94. The number of amides is 1. The number of ether oxygens (including phenoxy) is 2. The monoisotopic (exact) mass is 385 g/mol. The molecular formula is C23H19N3O3. The van der Waals surface area contributed by atoms with Gasteiger partial charge in [-0.15, -0.1) is 0 Å². The lowest BCUT2D eigenvalue weighted by molar-refractivity contribution is 0.102. The highest BCUT2D eigenvalue weighted by atomic mass is 16.6. The number of imidazole rings is 1. The molecule has 0 fully saturated rings. The van der Waals surface area contributed by atoms with Crippen LogP contribution in [0.25, 0.3) is 16.9 Å². The molecule has 2 aromatic carbocycles. The molecule has 2 aromatic heterocycles. The summed E-state index contributed by atoms with van der Waals surface area (Å²) in [5, 5.41) is 2.96. The van der Waals surface area contributed by atoms with E-state index in [2.05, 4.69) is 10.3 Å². The minimum atomic E-state index is -0.130. The first kappa shape index (κ1) is 17.3. The number of pyridine rings is 1. The maximum Gasteiger partial charge on any atom is 0.255 e. The van der Waals surface area contributed by atoms with Crippen LogP contribution in [0.15, 0.2) is 67.0 Å². The van der Waals surface area contributed by atoms with Crippen LogP contribution in [0.4, 0.5) is 5.69 Å². The van der Waals surface area contributed by atoms with E-state index < -0.39 is 0 Å². The van der Waals surface area contributed by atoms with Crippen LogP contribution in [-0.4, -0.2) is 28.5 Å². The number of hydrogen-bond acceptors (Lipinski definition) is 4. The van der Waals surface area contributed by atoms with E-state index in [-0.39, 0.29) is 5.91 Å². The van der Waals surface area contributed by atoms with Gasteiger partial charge in [0.15, 0.2) is 11.5 Å². The van der Waals surface area contributed by atoms with E-state index >= 15 is 0 Å². The van der Waals surface area contributed by atoms with E-state index in [9.17, 15) is 4.79 Å². The van der Waals surface area contributed by atoms with E-state index in [4.69, 9.17) is 9.47 Å². The predicted molar refractivity (Wildman–Crippen MR) is 111 cm³/mol. The first-order valence-corrected chi connectivity index (χ1v) is 9.43. The summed E-state index contributed by atoms with van der Waals surface area (Å²) in [5.41, 5.74) is 4.87. The Balaban J connectivity index is 1.43. The number of carbonyl (C=O) groups is 1. The number of anilines is 1. The Morgan fingerprint density at radius 1 is 1.00 bits per heavy atom. The second kappa shape index (κ2) is 6.98. The van der Waals surface area contributed by atoms with Gasteiger partial charge in [-0.05, 0) is 48.9 Å². The van der Waals surface area contributed by atoms with Crippen LogP contribution in [0.2, 0.25) is 0 Å². The highest BCUT2D eigenvalue weighted by Gasteiger charge is 2.14. The Morgan fingerprint density at radius 2 is 1.83 bits per heavy atom. The summed E-state index contributed by atoms with van der Waals surface area (Å²) >= 11 is 0. The van der Waals surface area contributed by atoms with Crippen LogP contribution < -0.4 is 14.8 Å². The van der Waals surface area contributed by atoms with E-state index in [1.54, 1.807) is 0 Å². The summed E-state index contributed by atoms with van der Waals surface area (Å²) in [7, 11) is 0. The van der Waals surface area contributed by atoms with Gasteiger partial charge in [0.1, 0.15) is 18.9 Å². The number of rotatable bonds is 3. The van der Waals surface area contributed by atoms with Crippen LogP contribution in [0.5, 0.6) is 11.5 Å². The summed E-state index contributed by atoms with van der Waals surface area (Å²) in [5.74, 6) is 1.36. The first-order valence-electron chi connectivity index (χ1n) is 9.43. The molecule has 0 saturated heterocycles. The topological polar surface area (TPSA) is 64.9 Å². The second-order valence-electron chi connectivity index (χ2n) is 6.94. The van der Waals surface area contributed by atoms with Crippen molar-refractivity contribution in [1.82, 2.24) is 9.38 Å². The minimum absolute atomic E-state index is 0.130. The van der Waals surface area contributed by atoms with E-state index in [0.717, 1.165) is 34.0 Å². The number of hydrogen-bond donors (Lipinski definition) is 1. The van der Waals surface area contributed by atoms with Gasteiger partial charge in [-0.25, -0.2) is 4.98 Å². The summed E-state index contributed by atoms with van der Waals surface area (Å²) < 4.78 is 13.1. The van der Waals surface area contributed by atoms with Gasteiger partial charge >= 0.3 is 0 Å². The highest BCUT2D eigenvalue weighted by Crippen LogP contribution is 2.34. The van der Waals surface area contributed by atoms with Crippen LogP contribution in [0.3, 0.4) is 0 Å². The SMILES string of the molecule is Cc1ccccc1C(=O)Nc1ccc2nc(-c3ccc4c(c3)OCCO4)cn2c1. The molecule has 6 nitrogen and oxygen atoms in total. The fraction of sp³-hybridized carbons (Fsp3) is 0.130. The van der Waals surface area contributed by atoms with E-state index in [0.29, 0.717) is 24.5 Å². The van der Waals surface area contributed by atoms with Gasteiger partial charge in [-0.2, -0.15) is 0 Å². The molecule has 0 unspecified atom stereocenters. The standard InChI is InChI=1S/C23H19N3O3/c1-15-4-2-3-5-18(15)23(27)24-17-7-9-22-25-19(14-26(22)13-17)16-6-8-20-21(12-16)29-11-10-28-20/h2-9,12-14H,10-11H2,1H3,(H,24,27). The molecule has 1 aliphatic rings. The van der Waals surface area contributed by atoms with E-state index in [1.165, 1.54) is 0 Å². The van der Waals surface area contributed by atoms with Gasteiger partial charge in [-0.3, -0.25) is 4.79 Å². The number of aryl methyl sites for hydroxylation is 1. The van der Waals surface area contributed by atoms with Gasteiger partial charge in [0, 0.05) is 23.5 Å². The zero-order valence-corrected chi connectivity index (χ0v) is 15.9. The number of nitrogens with zero attached hydrogens (tertiary/aromatic N) is 2. The number of aromatic nitrogens is 2. The molecule has 1 aliphatic heterocycles. The average molecular weight is 385 g/mol. The molecule has 1 N–H and O–H groups in total. The van der Waals surface area contributed by atoms with Crippen LogP contribution in [0, 0.1) is 6.92 Å². The molecule has 0 aliphatic carbocycles. The zero-order chi connectivity index (χ0) is 19.8. The molecule has 0 saturated carbocycles. The normalized spacial score (nSPS) is 12.7. The van der Waals surface area contributed by atoms with Gasteiger partial charge in [0.2, 0.25) is 0 Å².